The largest absolute Gasteiger partial charge is 0.297 e. The monoisotopic (exact) mass is 355 g/mol. The van der Waals surface area contributed by atoms with Crippen molar-refractivity contribution in [1.82, 2.24) is 14.7 Å². The van der Waals surface area contributed by atoms with Crippen molar-refractivity contribution in [2.75, 3.05) is 32.8 Å². The van der Waals surface area contributed by atoms with Gasteiger partial charge in [0.15, 0.2) is 0 Å². The first-order valence-corrected chi connectivity index (χ1v) is 9.98. The number of hydrogen-bond donors (Lipinski definition) is 0. The Morgan fingerprint density at radius 3 is 2.08 bits per heavy atom. The van der Waals surface area contributed by atoms with Crippen LogP contribution in [0.1, 0.15) is 36.8 Å². The summed E-state index contributed by atoms with van der Waals surface area (Å²) < 4.78 is 0. The van der Waals surface area contributed by atoms with Crippen molar-refractivity contribution < 1.29 is 9.59 Å². The number of rotatable bonds is 4. The number of carbonyl (C=O) groups is 2. The van der Waals surface area contributed by atoms with E-state index in [1.54, 1.807) is 4.90 Å². The van der Waals surface area contributed by atoms with Gasteiger partial charge in [-0.15, -0.1) is 0 Å². The van der Waals surface area contributed by atoms with Crippen molar-refractivity contribution in [3.63, 3.8) is 0 Å². The summed E-state index contributed by atoms with van der Waals surface area (Å²) in [5.74, 6) is 0.112. The number of carbonyl (C=O) groups excluding carboxylic acids is 2. The number of hydrogen-bond acceptors (Lipinski definition) is 4. The van der Waals surface area contributed by atoms with Crippen LogP contribution in [0.3, 0.4) is 0 Å². The van der Waals surface area contributed by atoms with Crippen LogP contribution in [0.4, 0.5) is 0 Å². The molecular formula is C21H29N3O2. The van der Waals surface area contributed by atoms with Gasteiger partial charge in [0, 0.05) is 32.7 Å². The number of nitrogens with zero attached hydrogens (tertiary/aromatic N) is 3. The summed E-state index contributed by atoms with van der Waals surface area (Å²) in [6, 6.07) is 8.54. The van der Waals surface area contributed by atoms with E-state index in [4.69, 9.17) is 0 Å². The summed E-state index contributed by atoms with van der Waals surface area (Å²) in [6.45, 7) is 7.43. The minimum Gasteiger partial charge on any atom is -0.297 e. The maximum Gasteiger partial charge on any atom is 0.234 e. The highest BCUT2D eigenvalue weighted by atomic mass is 16.2. The van der Waals surface area contributed by atoms with Gasteiger partial charge in [0.1, 0.15) is 0 Å². The summed E-state index contributed by atoms with van der Waals surface area (Å²) in [4.78, 5) is 31.6. The van der Waals surface area contributed by atoms with E-state index >= 15 is 0 Å². The Bertz CT molecular complexity index is 658. The Kier molecular flexibility index (Phi) is 5.09. The smallest absolute Gasteiger partial charge is 0.234 e. The van der Waals surface area contributed by atoms with Gasteiger partial charge in [-0.05, 0) is 30.9 Å². The maximum absolute atomic E-state index is 12.6. The van der Waals surface area contributed by atoms with Gasteiger partial charge in [-0.25, -0.2) is 0 Å². The number of benzene rings is 1. The Labute approximate surface area is 155 Å². The second-order valence-corrected chi connectivity index (χ2v) is 8.06. The van der Waals surface area contributed by atoms with Gasteiger partial charge in [0.25, 0.3) is 0 Å². The average molecular weight is 355 g/mol. The molecule has 5 heteroatoms. The topological polar surface area (TPSA) is 43.9 Å². The van der Waals surface area contributed by atoms with Gasteiger partial charge in [-0.3, -0.25) is 24.3 Å². The van der Waals surface area contributed by atoms with Gasteiger partial charge in [0.05, 0.1) is 18.5 Å². The molecule has 0 radical (unpaired) electrons. The van der Waals surface area contributed by atoms with Gasteiger partial charge in [0.2, 0.25) is 11.8 Å². The first-order valence-electron chi connectivity index (χ1n) is 9.98. The van der Waals surface area contributed by atoms with Gasteiger partial charge in [-0.2, -0.15) is 0 Å². The van der Waals surface area contributed by atoms with Gasteiger partial charge < -0.3 is 0 Å². The highest BCUT2D eigenvalue weighted by molar-refractivity contribution is 6.05. The van der Waals surface area contributed by atoms with E-state index in [0.29, 0.717) is 6.67 Å². The van der Waals surface area contributed by atoms with E-state index in [1.165, 1.54) is 11.1 Å². The lowest BCUT2D eigenvalue weighted by molar-refractivity contribution is -0.142. The fourth-order valence-corrected chi connectivity index (χ4v) is 4.69. The molecule has 0 unspecified atom stereocenters. The van der Waals surface area contributed by atoms with Gasteiger partial charge in [-0.1, -0.05) is 37.1 Å². The SMILES string of the molecule is Cc1ccccc1CN1CCN(CN2C(=O)[C@@H]3CCCC[C@H]3C2=O)CC1. The van der Waals surface area contributed by atoms with E-state index in [-0.39, 0.29) is 23.7 Å². The second kappa shape index (κ2) is 7.49. The first-order chi connectivity index (χ1) is 12.6. The van der Waals surface area contributed by atoms with Crippen molar-refractivity contribution in [3.05, 3.63) is 35.4 Å². The average Bonchev–Trinajstić information content (AvgIpc) is 2.90. The molecule has 2 amide bonds. The lowest BCUT2D eigenvalue weighted by Crippen LogP contribution is -2.51. The summed E-state index contributed by atoms with van der Waals surface area (Å²) in [5.41, 5.74) is 2.72. The van der Waals surface area contributed by atoms with Crippen LogP contribution in [0.25, 0.3) is 0 Å². The highest BCUT2D eigenvalue weighted by Gasteiger charge is 2.48. The molecule has 26 heavy (non-hydrogen) atoms. The molecular weight excluding hydrogens is 326 g/mol. The molecule has 140 valence electrons. The predicted molar refractivity (Wildman–Crippen MR) is 100 cm³/mol. The predicted octanol–water partition coefficient (Wildman–Crippen LogP) is 2.25. The number of aryl methyl sites for hydroxylation is 1. The molecule has 2 heterocycles. The quantitative estimate of drug-likeness (QED) is 0.777. The van der Waals surface area contributed by atoms with Crippen molar-refractivity contribution >= 4 is 11.8 Å². The molecule has 3 aliphatic rings. The number of amides is 2. The summed E-state index contributed by atoms with van der Waals surface area (Å²) in [6.07, 6.45) is 3.98. The molecule has 1 saturated carbocycles. The van der Waals surface area contributed by atoms with Crippen LogP contribution >= 0.6 is 0 Å². The third-order valence-electron chi connectivity index (χ3n) is 6.39. The van der Waals surface area contributed by atoms with E-state index in [9.17, 15) is 9.59 Å². The summed E-state index contributed by atoms with van der Waals surface area (Å²) in [5, 5.41) is 0. The van der Waals surface area contributed by atoms with E-state index in [1.807, 2.05) is 0 Å². The zero-order chi connectivity index (χ0) is 18.1. The Hall–Kier alpha value is -1.72. The molecule has 2 saturated heterocycles. The minimum absolute atomic E-state index is 0.0291. The molecule has 1 aromatic rings. The van der Waals surface area contributed by atoms with Gasteiger partial charge >= 0.3 is 0 Å². The maximum atomic E-state index is 12.6. The molecule has 2 aliphatic heterocycles. The molecule has 0 bridgehead atoms. The zero-order valence-electron chi connectivity index (χ0n) is 15.7. The summed E-state index contributed by atoms with van der Waals surface area (Å²) >= 11 is 0. The third-order valence-corrected chi connectivity index (χ3v) is 6.39. The van der Waals surface area contributed by atoms with Crippen LogP contribution in [-0.4, -0.2) is 59.4 Å². The number of likely N-dealkylation sites (tertiary alicyclic amines) is 1. The van der Waals surface area contributed by atoms with E-state index in [0.717, 1.165) is 58.4 Å². The van der Waals surface area contributed by atoms with Crippen LogP contribution in [0, 0.1) is 18.8 Å². The Morgan fingerprint density at radius 2 is 1.46 bits per heavy atom. The number of imide groups is 1. The molecule has 0 aromatic heterocycles. The second-order valence-electron chi connectivity index (χ2n) is 8.06. The molecule has 0 spiro atoms. The third kappa shape index (κ3) is 3.42. The van der Waals surface area contributed by atoms with Crippen LogP contribution in [-0.2, 0) is 16.1 Å². The lowest BCUT2D eigenvalue weighted by atomic mass is 9.81. The van der Waals surface area contributed by atoms with E-state index < -0.39 is 0 Å². The lowest BCUT2D eigenvalue weighted by Gasteiger charge is -2.36. The van der Waals surface area contributed by atoms with Crippen molar-refractivity contribution in [2.45, 2.75) is 39.2 Å². The fraction of sp³-hybridized carbons (Fsp3) is 0.619. The Balaban J connectivity index is 1.31. The van der Waals surface area contributed by atoms with Crippen LogP contribution in [0.15, 0.2) is 24.3 Å². The molecule has 1 aromatic carbocycles. The molecule has 3 fully saturated rings. The van der Waals surface area contributed by atoms with Crippen LogP contribution in [0.2, 0.25) is 0 Å². The van der Waals surface area contributed by atoms with E-state index in [2.05, 4.69) is 41.0 Å². The normalized spacial score (nSPS) is 27.8. The number of piperazine rings is 1. The van der Waals surface area contributed by atoms with Crippen molar-refractivity contribution in [3.8, 4) is 0 Å². The van der Waals surface area contributed by atoms with Crippen molar-refractivity contribution in [1.29, 1.82) is 0 Å². The summed E-state index contributed by atoms with van der Waals surface area (Å²) in [7, 11) is 0. The number of fused-ring (bicyclic) bond motifs is 1. The molecule has 0 N–H and O–H groups in total. The van der Waals surface area contributed by atoms with Crippen LogP contribution in [0.5, 0.6) is 0 Å². The first kappa shape index (κ1) is 17.7. The zero-order valence-corrected chi connectivity index (χ0v) is 15.7. The van der Waals surface area contributed by atoms with Crippen LogP contribution < -0.4 is 0 Å². The minimum atomic E-state index is -0.0291. The highest BCUT2D eigenvalue weighted by Crippen LogP contribution is 2.38. The molecule has 5 nitrogen and oxygen atoms in total. The molecule has 1 aliphatic carbocycles. The Morgan fingerprint density at radius 1 is 0.885 bits per heavy atom. The van der Waals surface area contributed by atoms with Crippen molar-refractivity contribution in [2.24, 2.45) is 11.8 Å². The molecule has 4 rings (SSSR count). The fourth-order valence-electron chi connectivity index (χ4n) is 4.69. The standard InChI is InChI=1S/C21H29N3O2/c1-16-6-2-3-7-17(16)14-22-10-12-23(13-11-22)15-24-20(25)18-8-4-5-9-19(18)21(24)26/h2-3,6-7,18-19H,4-5,8-15H2,1H3/t18-,19-/m1/s1. The molecule has 2 atom stereocenters.